The van der Waals surface area contributed by atoms with Gasteiger partial charge in [-0.3, -0.25) is 13.9 Å². The molecule has 0 saturated carbocycles. The summed E-state index contributed by atoms with van der Waals surface area (Å²) in [4.78, 5) is 28.5. The van der Waals surface area contributed by atoms with Crippen molar-refractivity contribution >= 4 is 13.7 Å². The maximum atomic E-state index is 15.6. The molecule has 1 aromatic carbocycles. The van der Waals surface area contributed by atoms with Crippen LogP contribution in [0.1, 0.15) is 40.8 Å². The van der Waals surface area contributed by atoms with Crippen LogP contribution in [0.25, 0.3) is 0 Å². The Balaban J connectivity index is 1.79. The molecule has 1 aliphatic heterocycles. The molecule has 12 nitrogen and oxygen atoms in total. The van der Waals surface area contributed by atoms with Gasteiger partial charge in [-0.1, -0.05) is 18.2 Å². The summed E-state index contributed by atoms with van der Waals surface area (Å²) in [5.41, 5.74) is -3.30. The number of rotatable bonds is 12. The first kappa shape index (κ1) is 29.7. The third-order valence-corrected chi connectivity index (χ3v) is 7.14. The highest BCUT2D eigenvalue weighted by Gasteiger charge is 2.56. The van der Waals surface area contributed by atoms with Crippen LogP contribution in [-0.4, -0.2) is 63.9 Å². The van der Waals surface area contributed by atoms with E-state index in [0.717, 1.165) is 11.5 Å². The number of aliphatic hydroxyl groups excluding tert-OH is 1. The molecule has 38 heavy (non-hydrogen) atoms. The Labute approximate surface area is 219 Å². The van der Waals surface area contributed by atoms with Crippen LogP contribution < -0.4 is 20.0 Å². The first-order valence-corrected chi connectivity index (χ1v) is 13.6. The van der Waals surface area contributed by atoms with Crippen LogP contribution in [0.4, 0.5) is 4.39 Å². The molecule has 0 aliphatic carbocycles. The maximum absolute atomic E-state index is 15.6. The summed E-state index contributed by atoms with van der Waals surface area (Å²) in [7, 11) is -4.29. The molecule has 3 rings (SSSR count). The summed E-state index contributed by atoms with van der Waals surface area (Å²) in [5, 5.41) is 13.2. The van der Waals surface area contributed by atoms with E-state index in [1.807, 2.05) is 0 Å². The summed E-state index contributed by atoms with van der Waals surface area (Å²) < 4.78 is 57.1. The molecule has 1 saturated heterocycles. The second-order valence-corrected chi connectivity index (χ2v) is 10.7. The van der Waals surface area contributed by atoms with Gasteiger partial charge in [0.1, 0.15) is 24.0 Å². The summed E-state index contributed by atoms with van der Waals surface area (Å²) in [6, 6.07) is 8.31. The van der Waals surface area contributed by atoms with Gasteiger partial charge in [0.2, 0.25) is 5.88 Å². The van der Waals surface area contributed by atoms with E-state index in [4.69, 9.17) is 23.3 Å². The molecule has 0 radical (unpaired) electrons. The highest BCUT2D eigenvalue weighted by atomic mass is 31.2. The van der Waals surface area contributed by atoms with Crippen molar-refractivity contribution in [2.45, 2.75) is 70.9 Å². The van der Waals surface area contributed by atoms with E-state index < -0.39 is 62.3 Å². The maximum Gasteiger partial charge on any atom is 0.459 e. The van der Waals surface area contributed by atoms with Crippen molar-refractivity contribution in [1.29, 1.82) is 0 Å². The number of carbonyl (C=O) groups is 1. The van der Waals surface area contributed by atoms with Crippen LogP contribution >= 0.6 is 7.75 Å². The topological polar surface area (TPSA) is 147 Å². The molecule has 6 atom stereocenters. The number of para-hydroxylation sites is 1. The molecule has 0 bridgehead atoms. The van der Waals surface area contributed by atoms with Crippen LogP contribution in [0.5, 0.6) is 11.6 Å². The Hall–Kier alpha value is -2.83. The van der Waals surface area contributed by atoms with Crippen LogP contribution in [0.15, 0.2) is 47.4 Å². The number of carbonyl (C=O) groups excluding carboxylic acids is 1. The van der Waals surface area contributed by atoms with Crippen molar-refractivity contribution in [3.63, 3.8) is 0 Å². The van der Waals surface area contributed by atoms with E-state index >= 15 is 4.39 Å². The molecule has 1 aromatic heterocycles. The number of benzene rings is 1. The van der Waals surface area contributed by atoms with Gasteiger partial charge in [0.25, 0.3) is 0 Å². The van der Waals surface area contributed by atoms with Crippen molar-refractivity contribution in [3.8, 4) is 11.6 Å². The van der Waals surface area contributed by atoms with Gasteiger partial charge in [-0.2, -0.15) is 10.1 Å². The lowest BCUT2D eigenvalue weighted by atomic mass is 9.98. The van der Waals surface area contributed by atoms with Gasteiger partial charge < -0.3 is 23.8 Å². The Bertz CT molecular complexity index is 1190. The van der Waals surface area contributed by atoms with Crippen molar-refractivity contribution < 1.29 is 42.1 Å². The highest BCUT2D eigenvalue weighted by Crippen LogP contribution is 2.47. The molecule has 2 N–H and O–H groups in total. The molecule has 2 heterocycles. The van der Waals surface area contributed by atoms with Crippen molar-refractivity contribution in [2.75, 3.05) is 13.2 Å². The number of esters is 1. The predicted molar refractivity (Wildman–Crippen MR) is 134 cm³/mol. The highest BCUT2D eigenvalue weighted by molar-refractivity contribution is 7.52. The minimum absolute atomic E-state index is 0.0583. The van der Waals surface area contributed by atoms with Crippen molar-refractivity contribution in [2.24, 2.45) is 0 Å². The number of aliphatic hydroxyl groups is 1. The zero-order chi connectivity index (χ0) is 28.1. The van der Waals surface area contributed by atoms with Crippen LogP contribution in [0, 0.1) is 0 Å². The number of nitrogens with zero attached hydrogens (tertiary/aromatic N) is 2. The fourth-order valence-corrected chi connectivity index (χ4v) is 5.16. The van der Waals surface area contributed by atoms with E-state index in [0.29, 0.717) is 0 Å². The summed E-state index contributed by atoms with van der Waals surface area (Å²) >= 11 is 0. The molecule has 2 aromatic rings. The second-order valence-electron chi connectivity index (χ2n) is 9.05. The Morgan fingerprint density at radius 1 is 1.29 bits per heavy atom. The van der Waals surface area contributed by atoms with Gasteiger partial charge in [0.05, 0.1) is 19.3 Å². The number of alkyl halides is 1. The molecule has 2 unspecified atom stereocenters. The molecule has 0 amide bonds. The third kappa shape index (κ3) is 7.17. The Morgan fingerprint density at radius 2 is 1.97 bits per heavy atom. The average Bonchev–Trinajstić information content (AvgIpc) is 3.06. The number of hydrogen-bond acceptors (Lipinski definition) is 10. The molecule has 0 spiro atoms. The van der Waals surface area contributed by atoms with Crippen molar-refractivity contribution in [1.82, 2.24) is 14.6 Å². The monoisotopic (exact) mass is 557 g/mol. The predicted octanol–water partition coefficient (Wildman–Crippen LogP) is 2.76. The SMILES string of the molecule is CCOc1ccn([C@@H]2O[C@H](COP(=O)(N[C@@H](C)C(=O)OC(C)C)Oc3ccccc3)C(O)[C@@]2(C)F)c(=O)n1. The Kier molecular flexibility index (Phi) is 9.66. The van der Waals surface area contributed by atoms with Gasteiger partial charge in [0, 0.05) is 12.3 Å². The van der Waals surface area contributed by atoms with E-state index in [9.17, 15) is 19.3 Å². The van der Waals surface area contributed by atoms with Crippen LogP contribution in [0.3, 0.4) is 0 Å². The zero-order valence-electron chi connectivity index (χ0n) is 21.8. The quantitative estimate of drug-likeness (QED) is 0.293. The fraction of sp³-hybridized carbons (Fsp3) is 0.542. The molecular formula is C24H33FN3O9P. The van der Waals surface area contributed by atoms with Crippen LogP contribution in [-0.2, 0) is 23.4 Å². The van der Waals surface area contributed by atoms with Gasteiger partial charge in [0.15, 0.2) is 11.9 Å². The summed E-state index contributed by atoms with van der Waals surface area (Å²) in [6.45, 7) is 7.19. The minimum Gasteiger partial charge on any atom is -0.478 e. The molecule has 14 heteroatoms. The van der Waals surface area contributed by atoms with E-state index in [-0.39, 0.29) is 18.2 Å². The fourth-order valence-electron chi connectivity index (χ4n) is 3.66. The van der Waals surface area contributed by atoms with Gasteiger partial charge in [-0.15, -0.1) is 0 Å². The number of ether oxygens (including phenoxy) is 3. The standard InChI is InChI=1S/C24H33FN3O9P/c1-6-33-19-12-13-28(23(31)26-19)22-24(5,25)20(29)18(36-22)14-34-38(32,37-17-10-8-7-9-11-17)27-16(4)21(30)35-15(2)3/h7-13,15-16,18,20,22,29H,6,14H2,1-5H3,(H,27,32)/t16-,18+,20?,22+,24+,38?/m0/s1. The zero-order valence-corrected chi connectivity index (χ0v) is 22.7. The number of halogens is 1. The van der Waals surface area contributed by atoms with Gasteiger partial charge in [-0.25, -0.2) is 13.8 Å². The normalized spacial score (nSPS) is 25.5. The van der Waals surface area contributed by atoms with Gasteiger partial charge >= 0.3 is 19.4 Å². The largest absolute Gasteiger partial charge is 0.478 e. The Morgan fingerprint density at radius 3 is 2.58 bits per heavy atom. The smallest absolute Gasteiger partial charge is 0.459 e. The molecule has 1 fully saturated rings. The summed E-state index contributed by atoms with van der Waals surface area (Å²) in [5.74, 6) is -0.472. The first-order chi connectivity index (χ1) is 17.9. The minimum atomic E-state index is -4.29. The molecular weight excluding hydrogens is 524 g/mol. The van der Waals surface area contributed by atoms with Crippen LogP contribution in [0.2, 0.25) is 0 Å². The number of hydrogen-bond donors (Lipinski definition) is 2. The van der Waals surface area contributed by atoms with Crippen molar-refractivity contribution in [3.05, 3.63) is 53.1 Å². The van der Waals surface area contributed by atoms with Gasteiger partial charge in [-0.05, 0) is 46.8 Å². The number of nitrogens with one attached hydrogen (secondary N) is 1. The first-order valence-electron chi connectivity index (χ1n) is 12.1. The van der Waals surface area contributed by atoms with E-state index in [2.05, 4.69) is 10.1 Å². The van der Waals surface area contributed by atoms with E-state index in [1.165, 1.54) is 31.3 Å². The number of aromatic nitrogens is 2. The lowest BCUT2D eigenvalue weighted by Gasteiger charge is -2.25. The molecule has 210 valence electrons. The lowest BCUT2D eigenvalue weighted by molar-refractivity contribution is -0.149. The second kappa shape index (κ2) is 12.4. The molecule has 1 aliphatic rings. The average molecular weight is 558 g/mol. The third-order valence-electron chi connectivity index (χ3n) is 5.50. The summed E-state index contributed by atoms with van der Waals surface area (Å²) in [6.07, 6.45) is -3.88. The van der Waals surface area contributed by atoms with E-state index in [1.54, 1.807) is 39.0 Å². The lowest BCUT2D eigenvalue weighted by Crippen LogP contribution is -2.43.